The lowest BCUT2D eigenvalue weighted by Gasteiger charge is -2.58. The van der Waals surface area contributed by atoms with Gasteiger partial charge in [0.1, 0.15) is 12.6 Å². The van der Waals surface area contributed by atoms with E-state index in [1.807, 2.05) is 6.07 Å². The molecule has 31 heavy (non-hydrogen) atoms. The second-order valence-electron chi connectivity index (χ2n) is 9.97. The molecule has 3 atom stereocenters. The molecule has 8 heteroatoms. The Morgan fingerprint density at radius 1 is 1.10 bits per heavy atom. The molecular weight excluding hydrogens is 406 g/mol. The molecule has 1 aromatic rings. The average molecular weight is 434 g/mol. The fourth-order valence-corrected chi connectivity index (χ4v) is 6.52. The lowest BCUT2D eigenvalue weighted by atomic mass is 9.52. The number of amides is 2. The van der Waals surface area contributed by atoms with Gasteiger partial charge < -0.3 is 15.2 Å². The number of hydrogen-bond donors (Lipinski definition) is 2. The van der Waals surface area contributed by atoms with Crippen molar-refractivity contribution in [3.8, 4) is 0 Å². The number of carbonyl (C=O) groups is 2. The number of halogens is 2. The Morgan fingerprint density at radius 2 is 1.77 bits per heavy atom. The molecule has 2 N–H and O–H groups in total. The minimum Gasteiger partial charge on any atom is -0.445 e. The van der Waals surface area contributed by atoms with Crippen LogP contribution in [0.3, 0.4) is 0 Å². The quantitative estimate of drug-likeness (QED) is 0.764. The molecule has 1 aromatic carbocycles. The highest BCUT2D eigenvalue weighted by atomic mass is 19.3. The van der Waals surface area contributed by atoms with Gasteiger partial charge in [-0.25, -0.2) is 13.6 Å². The van der Waals surface area contributed by atoms with Gasteiger partial charge >= 0.3 is 6.09 Å². The monoisotopic (exact) mass is 434 g/mol. The summed E-state index contributed by atoms with van der Waals surface area (Å²) >= 11 is 0. The Labute approximate surface area is 179 Å². The fraction of sp³-hybridized carbons (Fsp3) is 0.652. The maximum absolute atomic E-state index is 14.2. The molecule has 1 saturated heterocycles. The average Bonchev–Trinajstić information content (AvgIpc) is 3.04. The number of aliphatic hydroxyl groups is 1. The number of ether oxygens (including phenoxy) is 1. The third kappa shape index (κ3) is 4.02. The van der Waals surface area contributed by atoms with Crippen LogP contribution in [0.1, 0.15) is 44.1 Å². The van der Waals surface area contributed by atoms with Gasteiger partial charge in [-0.05, 0) is 55.4 Å². The molecule has 1 aliphatic heterocycles. The first kappa shape index (κ1) is 20.7. The molecule has 5 aliphatic rings. The number of nitrogens with zero attached hydrogens (tertiary/aromatic N) is 1. The summed E-state index contributed by atoms with van der Waals surface area (Å²) in [4.78, 5) is 26.5. The zero-order valence-corrected chi connectivity index (χ0v) is 17.3. The molecule has 5 fully saturated rings. The molecule has 2 unspecified atom stereocenters. The number of nitrogens with one attached hydrogen (secondary N) is 1. The van der Waals surface area contributed by atoms with E-state index in [0.717, 1.165) is 29.7 Å². The highest BCUT2D eigenvalue weighted by Crippen LogP contribution is 2.55. The summed E-state index contributed by atoms with van der Waals surface area (Å²) in [6.45, 7) is -0.860. The van der Waals surface area contributed by atoms with Crippen molar-refractivity contribution in [2.75, 3.05) is 6.54 Å². The van der Waals surface area contributed by atoms with Gasteiger partial charge in [-0.2, -0.15) is 0 Å². The first-order valence-corrected chi connectivity index (χ1v) is 11.1. The Kier molecular flexibility index (Phi) is 4.95. The largest absolute Gasteiger partial charge is 0.445 e. The van der Waals surface area contributed by atoms with Gasteiger partial charge in [-0.1, -0.05) is 30.3 Å². The molecule has 6 nitrogen and oxygen atoms in total. The van der Waals surface area contributed by atoms with Gasteiger partial charge in [0.15, 0.2) is 0 Å². The summed E-state index contributed by atoms with van der Waals surface area (Å²) in [6, 6.07) is 7.59. The number of benzene rings is 1. The standard InChI is InChI=1S/C23H28F2N2O4/c24-23(25)11-18(27(13-23)21(29)31-12-14-4-2-1-3-5-14)20(28)26-19-16-6-15-7-17(19)10-22(30,8-15)9-16/h1-5,15-19,30H,6-13H2,(H,26,28)/t15?,16?,17?,18-,19?,22?/m0/s1. The van der Waals surface area contributed by atoms with Crippen LogP contribution < -0.4 is 5.32 Å². The Hall–Kier alpha value is -2.22. The topological polar surface area (TPSA) is 78.9 Å². The highest BCUT2D eigenvalue weighted by Gasteiger charge is 2.56. The Bertz CT molecular complexity index is 848. The zero-order valence-electron chi connectivity index (χ0n) is 17.3. The summed E-state index contributed by atoms with van der Waals surface area (Å²) in [6.07, 6.45) is 2.43. The normalized spacial score (nSPS) is 37.6. The van der Waals surface area contributed by atoms with Crippen molar-refractivity contribution in [1.82, 2.24) is 10.2 Å². The van der Waals surface area contributed by atoms with E-state index < -0.39 is 42.5 Å². The van der Waals surface area contributed by atoms with E-state index in [0.29, 0.717) is 18.8 Å². The van der Waals surface area contributed by atoms with Crippen molar-refractivity contribution in [3.63, 3.8) is 0 Å². The lowest BCUT2D eigenvalue weighted by Crippen LogP contribution is -2.63. The van der Waals surface area contributed by atoms with Gasteiger partial charge in [0, 0.05) is 12.5 Å². The first-order valence-electron chi connectivity index (χ1n) is 11.1. The van der Waals surface area contributed by atoms with E-state index in [-0.39, 0.29) is 24.5 Å². The van der Waals surface area contributed by atoms with E-state index in [1.54, 1.807) is 24.3 Å². The lowest BCUT2D eigenvalue weighted by molar-refractivity contribution is -0.148. The van der Waals surface area contributed by atoms with Crippen molar-refractivity contribution >= 4 is 12.0 Å². The molecule has 0 radical (unpaired) electrons. The molecule has 4 aliphatic carbocycles. The van der Waals surface area contributed by atoms with Gasteiger partial charge in [-0.15, -0.1) is 0 Å². The third-order valence-corrected chi connectivity index (χ3v) is 7.56. The summed E-state index contributed by atoms with van der Waals surface area (Å²) in [5.41, 5.74) is 0.111. The SMILES string of the molecule is O=C(NC1C2CC3CC1CC(O)(C3)C2)[C@@H]1CC(F)(F)CN1C(=O)OCc1ccccc1. The minimum absolute atomic E-state index is 0.0389. The second kappa shape index (κ2) is 7.43. The number of hydrogen-bond acceptors (Lipinski definition) is 4. The first-order chi connectivity index (χ1) is 14.7. The highest BCUT2D eigenvalue weighted by molar-refractivity contribution is 5.86. The van der Waals surface area contributed by atoms with E-state index in [9.17, 15) is 23.5 Å². The van der Waals surface area contributed by atoms with E-state index in [2.05, 4.69) is 5.32 Å². The molecule has 0 aromatic heterocycles. The van der Waals surface area contributed by atoms with Gasteiger partial charge in [0.2, 0.25) is 5.91 Å². The van der Waals surface area contributed by atoms with Crippen LogP contribution in [0.2, 0.25) is 0 Å². The van der Waals surface area contributed by atoms with Crippen LogP contribution in [0.4, 0.5) is 13.6 Å². The molecule has 1 heterocycles. The predicted molar refractivity (Wildman–Crippen MR) is 107 cm³/mol. The molecule has 2 amide bonds. The molecule has 6 rings (SSSR count). The van der Waals surface area contributed by atoms with Crippen LogP contribution in [-0.2, 0) is 16.1 Å². The van der Waals surface area contributed by atoms with Crippen molar-refractivity contribution in [2.45, 2.75) is 68.7 Å². The van der Waals surface area contributed by atoms with Crippen LogP contribution >= 0.6 is 0 Å². The summed E-state index contributed by atoms with van der Waals surface area (Å²) < 4.78 is 33.6. The summed E-state index contributed by atoms with van der Waals surface area (Å²) in [7, 11) is 0. The second-order valence-corrected chi connectivity index (χ2v) is 9.97. The van der Waals surface area contributed by atoms with Crippen molar-refractivity contribution in [2.24, 2.45) is 17.8 Å². The predicted octanol–water partition coefficient (Wildman–Crippen LogP) is 3.09. The molecule has 4 saturated carbocycles. The summed E-state index contributed by atoms with van der Waals surface area (Å²) in [5.74, 6) is -2.86. The van der Waals surface area contributed by atoms with Gasteiger partial charge in [0.25, 0.3) is 5.92 Å². The fourth-order valence-electron chi connectivity index (χ4n) is 6.52. The van der Waals surface area contributed by atoms with Crippen LogP contribution in [0, 0.1) is 17.8 Å². The Balaban J connectivity index is 1.25. The van der Waals surface area contributed by atoms with E-state index in [1.165, 1.54) is 0 Å². The summed E-state index contributed by atoms with van der Waals surface area (Å²) in [5, 5.41) is 13.7. The van der Waals surface area contributed by atoms with Crippen molar-refractivity contribution < 1.29 is 28.2 Å². The maximum Gasteiger partial charge on any atom is 0.410 e. The van der Waals surface area contributed by atoms with E-state index in [4.69, 9.17) is 4.74 Å². The van der Waals surface area contributed by atoms with Crippen LogP contribution in [0.15, 0.2) is 30.3 Å². The molecule has 168 valence electrons. The third-order valence-electron chi connectivity index (χ3n) is 7.56. The van der Waals surface area contributed by atoms with E-state index >= 15 is 0 Å². The van der Waals surface area contributed by atoms with Crippen LogP contribution in [0.25, 0.3) is 0 Å². The van der Waals surface area contributed by atoms with Crippen LogP contribution in [0.5, 0.6) is 0 Å². The minimum atomic E-state index is -3.13. The Morgan fingerprint density at radius 3 is 2.42 bits per heavy atom. The smallest absolute Gasteiger partial charge is 0.410 e. The molecule has 4 bridgehead atoms. The zero-order chi connectivity index (χ0) is 21.8. The number of alkyl halides is 2. The van der Waals surface area contributed by atoms with Crippen molar-refractivity contribution in [3.05, 3.63) is 35.9 Å². The van der Waals surface area contributed by atoms with Gasteiger partial charge in [0.05, 0.1) is 12.1 Å². The maximum atomic E-state index is 14.2. The molecular formula is C23H28F2N2O4. The van der Waals surface area contributed by atoms with Crippen molar-refractivity contribution in [1.29, 1.82) is 0 Å². The number of carbonyl (C=O) groups excluding carboxylic acids is 2. The number of likely N-dealkylation sites (tertiary alicyclic amines) is 1. The van der Waals surface area contributed by atoms with Gasteiger partial charge in [-0.3, -0.25) is 9.69 Å². The number of rotatable bonds is 4. The van der Waals surface area contributed by atoms with Crippen LogP contribution in [-0.4, -0.2) is 52.2 Å². The molecule has 0 spiro atoms.